The number of nitrogens with zero attached hydrogens (tertiary/aromatic N) is 4. The molecule has 0 bridgehead atoms. The molecule has 118 valence electrons. The van der Waals surface area contributed by atoms with Crippen LogP contribution in [-0.2, 0) is 13.0 Å². The zero-order valence-electron chi connectivity index (χ0n) is 12.7. The highest BCUT2D eigenvalue weighted by molar-refractivity contribution is 7.15. The van der Waals surface area contributed by atoms with Crippen molar-refractivity contribution in [3.8, 4) is 0 Å². The van der Waals surface area contributed by atoms with Gasteiger partial charge in [0, 0.05) is 19.0 Å². The normalized spacial score (nSPS) is 10.6. The molecule has 8 heteroatoms. The first-order valence-electron chi connectivity index (χ1n) is 7.36. The van der Waals surface area contributed by atoms with Gasteiger partial charge < -0.3 is 0 Å². The molecule has 7 nitrogen and oxygen atoms in total. The summed E-state index contributed by atoms with van der Waals surface area (Å²) in [5.41, 5.74) is -0.0190. The van der Waals surface area contributed by atoms with Gasteiger partial charge >= 0.3 is 0 Å². The van der Waals surface area contributed by atoms with Crippen molar-refractivity contribution in [3.05, 3.63) is 33.2 Å². The van der Waals surface area contributed by atoms with E-state index in [2.05, 4.69) is 27.5 Å². The van der Waals surface area contributed by atoms with Crippen molar-refractivity contribution >= 4 is 22.4 Å². The highest BCUT2D eigenvalue weighted by atomic mass is 32.1. The van der Waals surface area contributed by atoms with Crippen LogP contribution in [0.15, 0.2) is 16.9 Å². The maximum atomic E-state index is 12.2. The fourth-order valence-corrected chi connectivity index (χ4v) is 2.61. The minimum absolute atomic E-state index is 0.193. The van der Waals surface area contributed by atoms with Crippen molar-refractivity contribution in [1.82, 2.24) is 20.0 Å². The number of carbonyl (C=O) groups excluding carboxylic acids is 1. The molecule has 22 heavy (non-hydrogen) atoms. The number of anilines is 1. The van der Waals surface area contributed by atoms with Crippen LogP contribution in [0.3, 0.4) is 0 Å². The molecule has 0 aliphatic heterocycles. The summed E-state index contributed by atoms with van der Waals surface area (Å²) in [4.78, 5) is 23.7. The van der Waals surface area contributed by atoms with Gasteiger partial charge in [0.05, 0.1) is 0 Å². The van der Waals surface area contributed by atoms with Crippen LogP contribution >= 0.6 is 11.3 Å². The summed E-state index contributed by atoms with van der Waals surface area (Å²) in [5.74, 6) is -0.386. The Morgan fingerprint density at radius 1 is 1.27 bits per heavy atom. The molecule has 2 aromatic heterocycles. The Morgan fingerprint density at radius 2 is 2.09 bits per heavy atom. The van der Waals surface area contributed by atoms with E-state index in [4.69, 9.17) is 0 Å². The van der Waals surface area contributed by atoms with Gasteiger partial charge in [-0.2, -0.15) is 5.10 Å². The molecule has 2 rings (SSSR count). The zero-order valence-corrected chi connectivity index (χ0v) is 13.5. The predicted octanol–water partition coefficient (Wildman–Crippen LogP) is 2.10. The molecule has 0 aliphatic carbocycles. The summed E-state index contributed by atoms with van der Waals surface area (Å²) in [6.07, 6.45) is 3.77. The van der Waals surface area contributed by atoms with E-state index in [1.165, 1.54) is 28.2 Å². The zero-order chi connectivity index (χ0) is 15.9. The molecule has 1 amide bonds. The fraction of sp³-hybridized carbons (Fsp3) is 0.500. The number of rotatable bonds is 7. The molecule has 0 fully saturated rings. The van der Waals surface area contributed by atoms with Gasteiger partial charge in [-0.25, -0.2) is 4.68 Å². The largest absolute Gasteiger partial charge is 0.295 e. The first-order chi connectivity index (χ1) is 10.6. The van der Waals surface area contributed by atoms with E-state index in [9.17, 15) is 9.59 Å². The number of nitrogens with one attached hydrogen (secondary N) is 1. The predicted molar refractivity (Wildman–Crippen MR) is 85.3 cm³/mol. The van der Waals surface area contributed by atoms with Gasteiger partial charge in [-0.3, -0.25) is 14.9 Å². The van der Waals surface area contributed by atoms with Crippen LogP contribution in [0.5, 0.6) is 0 Å². The van der Waals surface area contributed by atoms with E-state index in [0.29, 0.717) is 11.7 Å². The number of hydrogen-bond donors (Lipinski definition) is 1. The van der Waals surface area contributed by atoms with Gasteiger partial charge in [0.25, 0.3) is 11.5 Å². The molecular formula is C14H19N5O2S. The fourth-order valence-electron chi connectivity index (χ4n) is 1.84. The van der Waals surface area contributed by atoms with Crippen molar-refractivity contribution in [3.63, 3.8) is 0 Å². The SMILES string of the molecule is CCCCc1nnc(NC(=O)c2ccc(=O)n(CCC)n2)s1. The quantitative estimate of drug-likeness (QED) is 0.843. The van der Waals surface area contributed by atoms with Crippen molar-refractivity contribution in [1.29, 1.82) is 0 Å². The van der Waals surface area contributed by atoms with Gasteiger partial charge in [-0.15, -0.1) is 10.2 Å². The van der Waals surface area contributed by atoms with Gasteiger partial charge in [0.1, 0.15) is 10.7 Å². The number of amides is 1. The lowest BCUT2D eigenvalue weighted by molar-refractivity contribution is 0.101. The summed E-state index contributed by atoms with van der Waals surface area (Å²) in [6, 6.07) is 2.77. The number of aromatic nitrogens is 4. The van der Waals surface area contributed by atoms with E-state index in [1.807, 2.05) is 6.92 Å². The Kier molecular flexibility index (Phi) is 5.76. The lowest BCUT2D eigenvalue weighted by Gasteiger charge is -2.04. The van der Waals surface area contributed by atoms with Crippen LogP contribution in [0.1, 0.15) is 48.6 Å². The second-order valence-corrected chi connectivity index (χ2v) is 5.90. The molecule has 0 saturated heterocycles. The Bertz CT molecular complexity index is 695. The lowest BCUT2D eigenvalue weighted by atomic mass is 10.3. The highest BCUT2D eigenvalue weighted by Gasteiger charge is 2.12. The van der Waals surface area contributed by atoms with Gasteiger partial charge in [0.15, 0.2) is 0 Å². The summed E-state index contributed by atoms with van der Waals surface area (Å²) in [5, 5.41) is 16.1. The molecule has 0 aliphatic rings. The van der Waals surface area contributed by atoms with Gasteiger partial charge in [-0.05, 0) is 18.9 Å². The average Bonchev–Trinajstić information content (AvgIpc) is 2.95. The lowest BCUT2D eigenvalue weighted by Crippen LogP contribution is -2.26. The Hall–Kier alpha value is -2.09. The minimum Gasteiger partial charge on any atom is -0.295 e. The highest BCUT2D eigenvalue weighted by Crippen LogP contribution is 2.17. The average molecular weight is 321 g/mol. The van der Waals surface area contributed by atoms with Crippen LogP contribution < -0.4 is 10.9 Å². The standard InChI is InChI=1S/C14H19N5O2S/c1-3-5-6-11-16-17-14(22-11)15-13(21)10-7-8-12(20)19(18-10)9-4-2/h7-8H,3-6,9H2,1-2H3,(H,15,17,21). The Labute approximate surface area is 132 Å². The van der Waals surface area contributed by atoms with E-state index < -0.39 is 0 Å². The van der Waals surface area contributed by atoms with Crippen molar-refractivity contribution in [2.75, 3.05) is 5.32 Å². The third kappa shape index (κ3) is 4.20. The van der Waals surface area contributed by atoms with E-state index in [1.54, 1.807) is 0 Å². The number of carbonyl (C=O) groups is 1. The maximum absolute atomic E-state index is 12.2. The smallest absolute Gasteiger partial charge is 0.277 e. The monoisotopic (exact) mass is 321 g/mol. The summed E-state index contributed by atoms with van der Waals surface area (Å²) in [7, 11) is 0. The van der Waals surface area contributed by atoms with E-state index >= 15 is 0 Å². The number of unbranched alkanes of at least 4 members (excludes halogenated alkanes) is 1. The third-order valence-electron chi connectivity index (χ3n) is 2.97. The third-order valence-corrected chi connectivity index (χ3v) is 3.86. The molecule has 0 unspecified atom stereocenters. The van der Waals surface area contributed by atoms with Crippen molar-refractivity contribution in [2.45, 2.75) is 46.1 Å². The molecule has 0 aromatic carbocycles. The minimum atomic E-state index is -0.386. The molecule has 2 heterocycles. The number of aryl methyl sites for hydroxylation is 2. The van der Waals surface area contributed by atoms with E-state index in [-0.39, 0.29) is 17.2 Å². The summed E-state index contributed by atoms with van der Waals surface area (Å²) in [6.45, 7) is 4.54. The first-order valence-corrected chi connectivity index (χ1v) is 8.17. The van der Waals surface area contributed by atoms with Crippen LogP contribution in [0.2, 0.25) is 0 Å². The molecular weight excluding hydrogens is 302 g/mol. The van der Waals surface area contributed by atoms with Crippen LogP contribution in [0.4, 0.5) is 5.13 Å². The van der Waals surface area contributed by atoms with Crippen LogP contribution in [0.25, 0.3) is 0 Å². The van der Waals surface area contributed by atoms with Crippen molar-refractivity contribution in [2.24, 2.45) is 0 Å². The van der Waals surface area contributed by atoms with Gasteiger partial charge in [0.2, 0.25) is 5.13 Å². The molecule has 1 N–H and O–H groups in total. The molecule has 0 radical (unpaired) electrons. The topological polar surface area (TPSA) is 89.8 Å². The van der Waals surface area contributed by atoms with Crippen LogP contribution in [-0.4, -0.2) is 25.9 Å². The summed E-state index contributed by atoms with van der Waals surface area (Å²) < 4.78 is 1.29. The first kappa shape index (κ1) is 16.3. The second kappa shape index (κ2) is 7.79. The second-order valence-electron chi connectivity index (χ2n) is 4.84. The Balaban J connectivity index is 2.07. The van der Waals surface area contributed by atoms with Crippen molar-refractivity contribution < 1.29 is 4.79 Å². The molecule has 2 aromatic rings. The Morgan fingerprint density at radius 3 is 2.82 bits per heavy atom. The summed E-state index contributed by atoms with van der Waals surface area (Å²) >= 11 is 1.36. The molecule has 0 atom stereocenters. The molecule has 0 saturated carbocycles. The number of hydrogen-bond acceptors (Lipinski definition) is 6. The maximum Gasteiger partial charge on any atom is 0.277 e. The van der Waals surface area contributed by atoms with E-state index in [0.717, 1.165) is 30.7 Å². The molecule has 0 spiro atoms. The van der Waals surface area contributed by atoms with Crippen LogP contribution in [0, 0.1) is 0 Å². The van der Waals surface area contributed by atoms with Gasteiger partial charge in [-0.1, -0.05) is 31.6 Å².